The van der Waals surface area contributed by atoms with E-state index < -0.39 is 11.9 Å². The molecule has 0 fully saturated rings. The molecule has 0 saturated heterocycles. The van der Waals surface area contributed by atoms with Crippen molar-refractivity contribution in [1.29, 1.82) is 0 Å². The smallest absolute Gasteiger partial charge is 0.338 e. The molecule has 0 bridgehead atoms. The second kappa shape index (κ2) is 8.24. The topological polar surface area (TPSA) is 69.7 Å². The maximum atomic E-state index is 12.1. The number of carbonyl (C=O) groups is 3. The summed E-state index contributed by atoms with van der Waals surface area (Å²) >= 11 is 0. The average molecular weight is 340 g/mol. The van der Waals surface area contributed by atoms with E-state index in [0.29, 0.717) is 17.0 Å². The Hall–Kier alpha value is -2.95. The standard InChI is InChI=1S/C20H20O5/c1-13(2)14-4-6-15(7-5-14)18(21)12-25-20(23)17-10-8-16(9-11-17)19(22)24-3/h4-11,13H,12H2,1-3H3. The lowest BCUT2D eigenvalue weighted by Crippen LogP contribution is -2.14. The van der Waals surface area contributed by atoms with Crippen LogP contribution in [0.2, 0.25) is 0 Å². The van der Waals surface area contributed by atoms with E-state index in [1.165, 1.54) is 31.4 Å². The fourth-order valence-corrected chi connectivity index (χ4v) is 2.21. The Balaban J connectivity index is 1.94. The number of hydrogen-bond donors (Lipinski definition) is 0. The Morgan fingerprint density at radius 2 is 1.28 bits per heavy atom. The van der Waals surface area contributed by atoms with Crippen LogP contribution in [0.5, 0.6) is 0 Å². The SMILES string of the molecule is COC(=O)c1ccc(C(=O)OCC(=O)c2ccc(C(C)C)cc2)cc1. The number of rotatable bonds is 6. The van der Waals surface area contributed by atoms with Crippen LogP contribution in [0, 0.1) is 0 Å². The second-order valence-corrected chi connectivity index (χ2v) is 5.84. The highest BCUT2D eigenvalue weighted by Crippen LogP contribution is 2.15. The van der Waals surface area contributed by atoms with Gasteiger partial charge in [0, 0.05) is 5.56 Å². The van der Waals surface area contributed by atoms with Gasteiger partial charge >= 0.3 is 11.9 Å². The van der Waals surface area contributed by atoms with Gasteiger partial charge in [0.25, 0.3) is 0 Å². The lowest BCUT2D eigenvalue weighted by molar-refractivity contribution is 0.0474. The van der Waals surface area contributed by atoms with Gasteiger partial charge in [-0.05, 0) is 35.7 Å². The molecule has 0 aliphatic rings. The van der Waals surface area contributed by atoms with Gasteiger partial charge in [0.2, 0.25) is 0 Å². The molecule has 0 heterocycles. The third kappa shape index (κ3) is 4.76. The number of methoxy groups -OCH3 is 1. The molecule has 0 saturated carbocycles. The minimum atomic E-state index is -0.622. The first kappa shape index (κ1) is 18.4. The highest BCUT2D eigenvalue weighted by atomic mass is 16.5. The van der Waals surface area contributed by atoms with Crippen molar-refractivity contribution in [2.75, 3.05) is 13.7 Å². The Morgan fingerprint density at radius 1 is 0.800 bits per heavy atom. The number of ether oxygens (including phenoxy) is 2. The van der Waals surface area contributed by atoms with E-state index in [4.69, 9.17) is 4.74 Å². The van der Waals surface area contributed by atoms with Crippen molar-refractivity contribution >= 4 is 17.7 Å². The molecule has 2 rings (SSSR count). The van der Waals surface area contributed by atoms with Crippen molar-refractivity contribution in [3.63, 3.8) is 0 Å². The van der Waals surface area contributed by atoms with Gasteiger partial charge in [0.05, 0.1) is 18.2 Å². The van der Waals surface area contributed by atoms with Crippen LogP contribution >= 0.6 is 0 Å². The van der Waals surface area contributed by atoms with E-state index in [2.05, 4.69) is 18.6 Å². The third-order valence-electron chi connectivity index (χ3n) is 3.78. The number of ketones is 1. The molecule has 0 radical (unpaired) electrons. The maximum absolute atomic E-state index is 12.1. The highest BCUT2D eigenvalue weighted by molar-refractivity contribution is 5.99. The van der Waals surface area contributed by atoms with Crippen molar-refractivity contribution in [1.82, 2.24) is 0 Å². The molecule has 0 atom stereocenters. The van der Waals surface area contributed by atoms with Crippen molar-refractivity contribution in [3.8, 4) is 0 Å². The highest BCUT2D eigenvalue weighted by Gasteiger charge is 2.13. The zero-order valence-corrected chi connectivity index (χ0v) is 14.4. The maximum Gasteiger partial charge on any atom is 0.338 e. The summed E-state index contributed by atoms with van der Waals surface area (Å²) in [6, 6.07) is 13.1. The average Bonchev–Trinajstić information content (AvgIpc) is 2.65. The molecule has 0 aliphatic heterocycles. The Labute approximate surface area is 146 Å². The molecule has 5 nitrogen and oxygen atoms in total. The largest absolute Gasteiger partial charge is 0.465 e. The van der Waals surface area contributed by atoms with E-state index in [1.807, 2.05) is 12.1 Å². The zero-order chi connectivity index (χ0) is 18.4. The van der Waals surface area contributed by atoms with E-state index in [-0.39, 0.29) is 18.0 Å². The third-order valence-corrected chi connectivity index (χ3v) is 3.78. The van der Waals surface area contributed by atoms with Crippen LogP contribution in [0.15, 0.2) is 48.5 Å². The molecular weight excluding hydrogens is 320 g/mol. The van der Waals surface area contributed by atoms with Gasteiger partial charge in [-0.2, -0.15) is 0 Å². The molecule has 5 heteroatoms. The Bertz CT molecular complexity index is 758. The number of benzene rings is 2. The van der Waals surface area contributed by atoms with Crippen molar-refractivity contribution in [3.05, 3.63) is 70.8 Å². The molecule has 0 amide bonds. The fourth-order valence-electron chi connectivity index (χ4n) is 2.21. The van der Waals surface area contributed by atoms with Gasteiger partial charge < -0.3 is 9.47 Å². The van der Waals surface area contributed by atoms with Crippen LogP contribution < -0.4 is 0 Å². The predicted octanol–water partition coefficient (Wildman–Crippen LogP) is 3.64. The minimum absolute atomic E-state index is 0.260. The van der Waals surface area contributed by atoms with E-state index in [1.54, 1.807) is 12.1 Å². The quantitative estimate of drug-likeness (QED) is 0.593. The number of esters is 2. The zero-order valence-electron chi connectivity index (χ0n) is 14.4. The Kier molecular flexibility index (Phi) is 6.06. The molecule has 0 N–H and O–H groups in total. The van der Waals surface area contributed by atoms with Crippen molar-refractivity contribution < 1.29 is 23.9 Å². The minimum Gasteiger partial charge on any atom is -0.465 e. The first-order valence-corrected chi connectivity index (χ1v) is 7.91. The Morgan fingerprint density at radius 3 is 1.76 bits per heavy atom. The molecule has 2 aromatic carbocycles. The molecule has 2 aromatic rings. The van der Waals surface area contributed by atoms with Gasteiger partial charge in [-0.1, -0.05) is 38.1 Å². The van der Waals surface area contributed by atoms with Crippen molar-refractivity contribution in [2.24, 2.45) is 0 Å². The van der Waals surface area contributed by atoms with E-state index >= 15 is 0 Å². The van der Waals surface area contributed by atoms with Gasteiger partial charge in [0.1, 0.15) is 0 Å². The van der Waals surface area contributed by atoms with Gasteiger partial charge in [-0.15, -0.1) is 0 Å². The van der Waals surface area contributed by atoms with Gasteiger partial charge in [0.15, 0.2) is 12.4 Å². The molecule has 0 unspecified atom stereocenters. The summed E-state index contributed by atoms with van der Waals surface area (Å²) in [7, 11) is 1.28. The van der Waals surface area contributed by atoms with Gasteiger partial charge in [-0.25, -0.2) is 9.59 Å². The number of hydrogen-bond acceptors (Lipinski definition) is 5. The fraction of sp³-hybridized carbons (Fsp3) is 0.250. The first-order valence-electron chi connectivity index (χ1n) is 7.91. The summed E-state index contributed by atoms with van der Waals surface area (Å²) in [5.74, 6) is -0.992. The van der Waals surface area contributed by atoms with E-state index in [9.17, 15) is 14.4 Å². The van der Waals surface area contributed by atoms with Crippen LogP contribution in [0.25, 0.3) is 0 Å². The summed E-state index contributed by atoms with van der Waals surface area (Å²) < 4.78 is 9.63. The van der Waals surface area contributed by atoms with E-state index in [0.717, 1.165) is 5.56 Å². The van der Waals surface area contributed by atoms with Crippen molar-refractivity contribution in [2.45, 2.75) is 19.8 Å². The van der Waals surface area contributed by atoms with Crippen LogP contribution in [0.4, 0.5) is 0 Å². The molecule has 0 aliphatic carbocycles. The number of Topliss-reactive ketones (excluding diaryl/α,β-unsaturated/α-hetero) is 1. The number of carbonyl (C=O) groups excluding carboxylic acids is 3. The van der Waals surface area contributed by atoms with Crippen LogP contribution in [0.3, 0.4) is 0 Å². The summed E-state index contributed by atoms with van der Waals surface area (Å²) in [5, 5.41) is 0. The van der Waals surface area contributed by atoms with Crippen LogP contribution in [-0.4, -0.2) is 31.4 Å². The summed E-state index contributed by atoms with van der Waals surface area (Å²) in [6.07, 6.45) is 0. The predicted molar refractivity (Wildman–Crippen MR) is 92.9 cm³/mol. The normalized spacial score (nSPS) is 10.4. The monoisotopic (exact) mass is 340 g/mol. The van der Waals surface area contributed by atoms with Crippen LogP contribution in [0.1, 0.15) is 56.4 Å². The summed E-state index contributed by atoms with van der Waals surface area (Å²) in [6.45, 7) is 3.81. The lowest BCUT2D eigenvalue weighted by atomic mass is 10.0. The molecular formula is C20H20O5. The van der Waals surface area contributed by atoms with Crippen LogP contribution in [-0.2, 0) is 9.47 Å². The first-order chi connectivity index (χ1) is 11.9. The molecule has 25 heavy (non-hydrogen) atoms. The summed E-state index contributed by atoms with van der Waals surface area (Å²) in [4.78, 5) is 35.4. The molecule has 0 spiro atoms. The molecule has 0 aromatic heterocycles. The lowest BCUT2D eigenvalue weighted by Gasteiger charge is -2.07. The van der Waals surface area contributed by atoms with Gasteiger partial charge in [-0.3, -0.25) is 4.79 Å². The molecule has 130 valence electrons. The second-order valence-electron chi connectivity index (χ2n) is 5.84. The summed E-state index contributed by atoms with van der Waals surface area (Å²) in [5.41, 5.74) is 2.23.